The number of H-pyrrole nitrogens is 1. The van der Waals surface area contributed by atoms with Crippen LogP contribution >= 0.6 is 0 Å². The van der Waals surface area contributed by atoms with Crippen molar-refractivity contribution in [1.82, 2.24) is 19.9 Å². The molecule has 0 aliphatic heterocycles. The van der Waals surface area contributed by atoms with Crippen LogP contribution in [0.1, 0.15) is 39.3 Å². The van der Waals surface area contributed by atoms with Gasteiger partial charge in [-0.2, -0.15) is 5.10 Å². The zero-order valence-corrected chi connectivity index (χ0v) is 13.4. The van der Waals surface area contributed by atoms with E-state index < -0.39 is 0 Å². The Hall–Kier alpha value is -2.56. The Morgan fingerprint density at radius 1 is 1.43 bits per heavy atom. The SMILES string of the molecule is Cc1[nH]nc2c1CCC(NC(=O)c1cc3c(C)cccn3c1)C2. The fourth-order valence-electron chi connectivity index (χ4n) is 3.46. The molecule has 3 aromatic rings. The minimum absolute atomic E-state index is 0.00573. The number of hydrogen-bond donors (Lipinski definition) is 2. The lowest BCUT2D eigenvalue weighted by Gasteiger charge is -2.22. The van der Waals surface area contributed by atoms with Crippen molar-refractivity contribution >= 4 is 11.4 Å². The third kappa shape index (κ3) is 2.42. The average Bonchev–Trinajstić information content (AvgIpc) is 3.12. The molecule has 23 heavy (non-hydrogen) atoms. The van der Waals surface area contributed by atoms with Crippen LogP contribution in [-0.4, -0.2) is 26.5 Å². The van der Waals surface area contributed by atoms with Gasteiger partial charge in [0.25, 0.3) is 5.91 Å². The maximum absolute atomic E-state index is 12.6. The number of carbonyl (C=O) groups is 1. The average molecular weight is 308 g/mol. The molecule has 2 N–H and O–H groups in total. The highest BCUT2D eigenvalue weighted by atomic mass is 16.1. The topological polar surface area (TPSA) is 62.2 Å². The number of carbonyl (C=O) groups excluding carboxylic acids is 1. The molecule has 0 spiro atoms. The summed E-state index contributed by atoms with van der Waals surface area (Å²) in [5.74, 6) is -0.00573. The molecule has 118 valence electrons. The summed E-state index contributed by atoms with van der Waals surface area (Å²) in [6, 6.07) is 6.16. The predicted octanol–water partition coefficient (Wildman–Crippen LogP) is 2.57. The van der Waals surface area contributed by atoms with E-state index in [1.807, 2.05) is 28.9 Å². The first-order valence-corrected chi connectivity index (χ1v) is 8.02. The Labute approximate surface area is 134 Å². The van der Waals surface area contributed by atoms with Gasteiger partial charge < -0.3 is 9.72 Å². The lowest BCUT2D eigenvalue weighted by Crippen LogP contribution is -2.38. The van der Waals surface area contributed by atoms with E-state index in [4.69, 9.17) is 0 Å². The smallest absolute Gasteiger partial charge is 0.253 e. The van der Waals surface area contributed by atoms with Gasteiger partial charge in [-0.1, -0.05) is 6.07 Å². The Balaban J connectivity index is 1.52. The number of amides is 1. The number of rotatable bonds is 2. The molecule has 5 heteroatoms. The van der Waals surface area contributed by atoms with Crippen LogP contribution in [0.3, 0.4) is 0 Å². The Morgan fingerprint density at radius 3 is 3.13 bits per heavy atom. The van der Waals surface area contributed by atoms with Crippen LogP contribution in [0, 0.1) is 13.8 Å². The number of aromatic amines is 1. The highest BCUT2D eigenvalue weighted by molar-refractivity contribution is 5.96. The van der Waals surface area contributed by atoms with Crippen molar-refractivity contribution in [2.75, 3.05) is 0 Å². The van der Waals surface area contributed by atoms with Gasteiger partial charge in [0.2, 0.25) is 0 Å². The van der Waals surface area contributed by atoms with Crippen LogP contribution in [0.25, 0.3) is 5.52 Å². The predicted molar refractivity (Wildman–Crippen MR) is 88.7 cm³/mol. The third-order valence-electron chi connectivity index (χ3n) is 4.79. The van der Waals surface area contributed by atoms with Crippen molar-refractivity contribution in [3.8, 4) is 0 Å². The maximum Gasteiger partial charge on any atom is 0.253 e. The van der Waals surface area contributed by atoms with Gasteiger partial charge >= 0.3 is 0 Å². The van der Waals surface area contributed by atoms with Crippen LogP contribution in [0.5, 0.6) is 0 Å². The van der Waals surface area contributed by atoms with Crippen LogP contribution in [0.15, 0.2) is 30.6 Å². The molecule has 3 aromatic heterocycles. The summed E-state index contributed by atoms with van der Waals surface area (Å²) >= 11 is 0. The molecule has 3 heterocycles. The number of aryl methyl sites for hydroxylation is 2. The molecular formula is C18H20N4O. The lowest BCUT2D eigenvalue weighted by molar-refractivity contribution is 0.0933. The third-order valence-corrected chi connectivity index (χ3v) is 4.79. The van der Waals surface area contributed by atoms with Gasteiger partial charge in [0, 0.05) is 36.1 Å². The Morgan fingerprint density at radius 2 is 2.30 bits per heavy atom. The van der Waals surface area contributed by atoms with Crippen molar-refractivity contribution < 1.29 is 4.79 Å². The summed E-state index contributed by atoms with van der Waals surface area (Å²) in [5, 5.41) is 10.6. The van der Waals surface area contributed by atoms with Gasteiger partial charge in [-0.05, 0) is 49.9 Å². The number of aromatic nitrogens is 3. The van der Waals surface area contributed by atoms with Crippen LogP contribution in [0.2, 0.25) is 0 Å². The minimum Gasteiger partial charge on any atom is -0.349 e. The Bertz CT molecular complexity index is 890. The molecule has 1 aliphatic carbocycles. The van der Waals surface area contributed by atoms with Gasteiger partial charge in [0.1, 0.15) is 0 Å². The second kappa shape index (κ2) is 5.26. The summed E-state index contributed by atoms with van der Waals surface area (Å²) in [5.41, 5.74) is 6.52. The summed E-state index contributed by atoms with van der Waals surface area (Å²) in [6.07, 6.45) is 6.60. The zero-order valence-electron chi connectivity index (χ0n) is 13.4. The zero-order chi connectivity index (χ0) is 16.0. The van der Waals surface area contributed by atoms with Crippen molar-refractivity contribution in [2.45, 2.75) is 39.2 Å². The van der Waals surface area contributed by atoms with Gasteiger partial charge in [-0.3, -0.25) is 9.89 Å². The van der Waals surface area contributed by atoms with E-state index in [0.717, 1.165) is 36.2 Å². The molecule has 1 unspecified atom stereocenters. The monoisotopic (exact) mass is 308 g/mol. The molecule has 4 rings (SSSR count). The van der Waals surface area contributed by atoms with Crippen molar-refractivity contribution in [1.29, 1.82) is 0 Å². The van der Waals surface area contributed by atoms with E-state index in [1.165, 1.54) is 11.1 Å². The standard InChI is InChI=1S/C18H20N4O/c1-11-4-3-7-22-10-13(8-17(11)22)18(23)19-14-5-6-15-12(2)20-21-16(15)9-14/h3-4,7-8,10,14H,5-6,9H2,1-2H3,(H,19,23)(H,20,21). The van der Waals surface area contributed by atoms with E-state index in [-0.39, 0.29) is 11.9 Å². The normalized spacial score (nSPS) is 17.2. The van der Waals surface area contributed by atoms with E-state index in [9.17, 15) is 4.79 Å². The highest BCUT2D eigenvalue weighted by Gasteiger charge is 2.24. The molecule has 1 aliphatic rings. The fourth-order valence-corrected chi connectivity index (χ4v) is 3.46. The van der Waals surface area contributed by atoms with E-state index in [2.05, 4.69) is 35.4 Å². The second-order valence-electron chi connectivity index (χ2n) is 6.40. The summed E-state index contributed by atoms with van der Waals surface area (Å²) in [6.45, 7) is 4.11. The largest absolute Gasteiger partial charge is 0.349 e. The van der Waals surface area contributed by atoms with Crippen LogP contribution < -0.4 is 5.32 Å². The number of fused-ring (bicyclic) bond motifs is 2. The number of hydrogen-bond acceptors (Lipinski definition) is 2. The Kier molecular flexibility index (Phi) is 3.22. The van der Waals surface area contributed by atoms with E-state index >= 15 is 0 Å². The molecular weight excluding hydrogens is 288 g/mol. The number of nitrogens with zero attached hydrogens (tertiary/aromatic N) is 2. The molecule has 0 bridgehead atoms. The van der Waals surface area contributed by atoms with Crippen LogP contribution in [0.4, 0.5) is 0 Å². The van der Waals surface area contributed by atoms with Gasteiger partial charge in [0.05, 0.1) is 11.3 Å². The summed E-state index contributed by atoms with van der Waals surface area (Å²) < 4.78 is 2.00. The molecule has 1 amide bonds. The molecule has 0 aromatic carbocycles. The van der Waals surface area contributed by atoms with E-state index in [0.29, 0.717) is 5.56 Å². The summed E-state index contributed by atoms with van der Waals surface area (Å²) in [7, 11) is 0. The first-order chi connectivity index (χ1) is 11.1. The highest BCUT2D eigenvalue weighted by Crippen LogP contribution is 2.22. The quantitative estimate of drug-likeness (QED) is 0.764. The molecule has 0 fully saturated rings. The second-order valence-corrected chi connectivity index (χ2v) is 6.40. The van der Waals surface area contributed by atoms with Crippen molar-refractivity contribution in [3.63, 3.8) is 0 Å². The van der Waals surface area contributed by atoms with Crippen molar-refractivity contribution in [3.05, 3.63) is 58.7 Å². The van der Waals surface area contributed by atoms with Crippen LogP contribution in [-0.2, 0) is 12.8 Å². The molecule has 1 atom stereocenters. The number of nitrogens with one attached hydrogen (secondary N) is 2. The van der Waals surface area contributed by atoms with E-state index in [1.54, 1.807) is 0 Å². The van der Waals surface area contributed by atoms with Crippen molar-refractivity contribution in [2.24, 2.45) is 0 Å². The summed E-state index contributed by atoms with van der Waals surface area (Å²) in [4.78, 5) is 12.6. The van der Waals surface area contributed by atoms with Gasteiger partial charge in [0.15, 0.2) is 0 Å². The molecule has 5 nitrogen and oxygen atoms in total. The first kappa shape index (κ1) is 14.1. The van der Waals surface area contributed by atoms with Gasteiger partial charge in [-0.25, -0.2) is 0 Å². The van der Waals surface area contributed by atoms with Gasteiger partial charge in [-0.15, -0.1) is 0 Å². The fraction of sp³-hybridized carbons (Fsp3) is 0.333. The maximum atomic E-state index is 12.6. The molecule has 0 saturated heterocycles. The number of pyridine rings is 1. The minimum atomic E-state index is -0.00573. The molecule has 0 saturated carbocycles. The first-order valence-electron chi connectivity index (χ1n) is 8.02. The molecule has 0 radical (unpaired) electrons. The lowest BCUT2D eigenvalue weighted by atomic mass is 9.92.